The summed E-state index contributed by atoms with van der Waals surface area (Å²) in [5, 5.41) is 25.9. The fraction of sp³-hybridized carbons (Fsp3) is 0.154. The molecule has 98 valence electrons. The zero-order chi connectivity index (χ0) is 13.8. The van der Waals surface area contributed by atoms with Crippen LogP contribution < -0.4 is 5.32 Å². The van der Waals surface area contributed by atoms with Gasteiger partial charge in [0, 0.05) is 28.7 Å². The van der Waals surface area contributed by atoms with Gasteiger partial charge in [-0.05, 0) is 24.6 Å². The largest absolute Gasteiger partial charge is 0.480 e. The van der Waals surface area contributed by atoms with Crippen molar-refractivity contribution in [3.63, 3.8) is 0 Å². The summed E-state index contributed by atoms with van der Waals surface area (Å²) in [6, 6.07) is 5.48. The zero-order valence-corrected chi connectivity index (χ0v) is 10.4. The van der Waals surface area contributed by atoms with Crippen molar-refractivity contribution in [2.75, 3.05) is 11.9 Å². The third-order valence-electron chi connectivity index (χ3n) is 2.69. The number of anilines is 1. The predicted molar refractivity (Wildman–Crippen MR) is 72.7 cm³/mol. The summed E-state index contributed by atoms with van der Waals surface area (Å²) in [6.07, 6.45) is 3.46. The molecule has 0 aliphatic heterocycles. The van der Waals surface area contributed by atoms with Crippen LogP contribution in [0.5, 0.6) is 0 Å². The number of benzene rings is 1. The maximum absolute atomic E-state index is 10.6. The Morgan fingerprint density at radius 1 is 1.47 bits per heavy atom. The number of carboxylic acid groups (broad SMARTS) is 1. The third-order valence-corrected chi connectivity index (χ3v) is 2.69. The highest BCUT2D eigenvalue weighted by Gasteiger charge is 2.08. The van der Waals surface area contributed by atoms with Gasteiger partial charge in [0.2, 0.25) is 0 Å². The maximum Gasteiger partial charge on any atom is 0.322 e. The van der Waals surface area contributed by atoms with Gasteiger partial charge in [0.25, 0.3) is 0 Å². The second-order valence-corrected chi connectivity index (χ2v) is 4.12. The molecule has 0 fully saturated rings. The molecule has 6 heteroatoms. The van der Waals surface area contributed by atoms with Crippen LogP contribution in [0.2, 0.25) is 0 Å². The minimum absolute atomic E-state index is 0.175. The van der Waals surface area contributed by atoms with Crippen molar-refractivity contribution in [1.29, 1.82) is 5.41 Å². The summed E-state index contributed by atoms with van der Waals surface area (Å²) in [5.41, 5.74) is 3.55. The minimum atomic E-state index is -0.938. The molecule has 6 nitrogen and oxygen atoms in total. The van der Waals surface area contributed by atoms with Gasteiger partial charge in [-0.25, -0.2) is 0 Å². The van der Waals surface area contributed by atoms with Crippen LogP contribution in [0.15, 0.2) is 30.6 Å². The van der Waals surface area contributed by atoms with E-state index in [1.807, 2.05) is 12.1 Å². The fourth-order valence-corrected chi connectivity index (χ4v) is 1.77. The molecule has 4 N–H and O–H groups in total. The van der Waals surface area contributed by atoms with Gasteiger partial charge in [-0.3, -0.25) is 9.89 Å². The van der Waals surface area contributed by atoms with Crippen molar-refractivity contribution in [1.82, 2.24) is 10.2 Å². The number of rotatable bonds is 5. The minimum Gasteiger partial charge on any atom is -0.480 e. The van der Waals surface area contributed by atoms with Crippen LogP contribution in [-0.2, 0) is 4.79 Å². The van der Waals surface area contributed by atoms with Gasteiger partial charge in [-0.15, -0.1) is 0 Å². The standard InChI is InChI=1S/C13H14N4O2/c1-8(14)11-4-9(10-5-16-17-6-10)2-3-12(11)15-7-13(18)19/h2-6,14-15H,7H2,1H3,(H,16,17)(H,18,19). The quantitative estimate of drug-likeness (QED) is 0.616. The van der Waals surface area contributed by atoms with Crippen molar-refractivity contribution in [3.05, 3.63) is 36.2 Å². The van der Waals surface area contributed by atoms with E-state index >= 15 is 0 Å². The molecule has 0 aliphatic carbocycles. The second kappa shape index (κ2) is 5.34. The number of nitrogens with one attached hydrogen (secondary N) is 3. The van der Waals surface area contributed by atoms with Gasteiger partial charge < -0.3 is 15.8 Å². The van der Waals surface area contributed by atoms with Gasteiger partial charge in [-0.1, -0.05) is 6.07 Å². The number of aromatic amines is 1. The molecule has 0 aliphatic rings. The number of aromatic nitrogens is 2. The molecule has 0 amide bonds. The molecule has 0 unspecified atom stereocenters. The molecule has 0 spiro atoms. The van der Waals surface area contributed by atoms with E-state index in [9.17, 15) is 4.79 Å². The molecule has 1 heterocycles. The van der Waals surface area contributed by atoms with Crippen LogP contribution >= 0.6 is 0 Å². The highest BCUT2D eigenvalue weighted by atomic mass is 16.4. The Hall–Kier alpha value is -2.63. The van der Waals surface area contributed by atoms with Crippen molar-refractivity contribution >= 4 is 17.4 Å². The monoisotopic (exact) mass is 258 g/mol. The summed E-state index contributed by atoms with van der Waals surface area (Å²) >= 11 is 0. The molecule has 0 saturated heterocycles. The molecule has 0 bridgehead atoms. The molecule has 0 saturated carbocycles. The lowest BCUT2D eigenvalue weighted by Crippen LogP contribution is -2.14. The predicted octanol–water partition coefficient (Wildman–Crippen LogP) is 1.96. The first-order chi connectivity index (χ1) is 9.08. The van der Waals surface area contributed by atoms with Crippen LogP contribution in [0.3, 0.4) is 0 Å². The van der Waals surface area contributed by atoms with E-state index in [4.69, 9.17) is 10.5 Å². The van der Waals surface area contributed by atoms with Crippen molar-refractivity contribution in [2.24, 2.45) is 0 Å². The molecule has 1 aromatic heterocycles. The lowest BCUT2D eigenvalue weighted by molar-refractivity contribution is -0.134. The van der Waals surface area contributed by atoms with E-state index in [0.29, 0.717) is 17.0 Å². The van der Waals surface area contributed by atoms with Gasteiger partial charge in [0.05, 0.1) is 6.20 Å². The average molecular weight is 258 g/mol. The van der Waals surface area contributed by atoms with E-state index < -0.39 is 5.97 Å². The van der Waals surface area contributed by atoms with E-state index in [-0.39, 0.29) is 6.54 Å². The van der Waals surface area contributed by atoms with Crippen LogP contribution in [-0.4, -0.2) is 33.5 Å². The highest BCUT2D eigenvalue weighted by molar-refractivity contribution is 6.02. The first-order valence-electron chi connectivity index (χ1n) is 5.72. The number of hydrogen-bond acceptors (Lipinski definition) is 4. The number of aliphatic carboxylic acids is 1. The molecular weight excluding hydrogens is 244 g/mol. The summed E-state index contributed by atoms with van der Waals surface area (Å²) in [7, 11) is 0. The van der Waals surface area contributed by atoms with E-state index in [1.54, 1.807) is 25.4 Å². The number of nitrogens with zero attached hydrogens (tertiary/aromatic N) is 1. The highest BCUT2D eigenvalue weighted by Crippen LogP contribution is 2.24. The van der Waals surface area contributed by atoms with E-state index in [0.717, 1.165) is 11.1 Å². The van der Waals surface area contributed by atoms with E-state index in [1.165, 1.54) is 0 Å². The van der Waals surface area contributed by atoms with Crippen molar-refractivity contribution in [3.8, 4) is 11.1 Å². The molecule has 2 rings (SSSR count). The van der Waals surface area contributed by atoms with Gasteiger partial charge in [-0.2, -0.15) is 5.10 Å². The topological polar surface area (TPSA) is 102 Å². The summed E-state index contributed by atoms with van der Waals surface area (Å²) in [4.78, 5) is 10.6. The number of hydrogen-bond donors (Lipinski definition) is 4. The number of H-pyrrole nitrogens is 1. The third kappa shape index (κ3) is 2.98. The smallest absolute Gasteiger partial charge is 0.322 e. The van der Waals surface area contributed by atoms with Crippen molar-refractivity contribution in [2.45, 2.75) is 6.92 Å². The summed E-state index contributed by atoms with van der Waals surface area (Å²) < 4.78 is 0. The molecule has 2 aromatic rings. The lowest BCUT2D eigenvalue weighted by Gasteiger charge is -2.11. The second-order valence-electron chi connectivity index (χ2n) is 4.12. The van der Waals surface area contributed by atoms with Crippen LogP contribution in [0.4, 0.5) is 5.69 Å². The molecule has 19 heavy (non-hydrogen) atoms. The lowest BCUT2D eigenvalue weighted by atomic mass is 10.0. The Balaban J connectivity index is 2.35. The van der Waals surface area contributed by atoms with Crippen LogP contribution in [0.25, 0.3) is 11.1 Å². The molecule has 0 atom stereocenters. The zero-order valence-electron chi connectivity index (χ0n) is 10.4. The Morgan fingerprint density at radius 3 is 2.84 bits per heavy atom. The summed E-state index contributed by atoms with van der Waals surface area (Å²) in [6.45, 7) is 1.49. The number of carboxylic acids is 1. The molecular formula is C13H14N4O2. The maximum atomic E-state index is 10.6. The summed E-state index contributed by atoms with van der Waals surface area (Å²) in [5.74, 6) is -0.938. The van der Waals surface area contributed by atoms with Crippen LogP contribution in [0.1, 0.15) is 12.5 Å². The normalized spacial score (nSPS) is 10.2. The van der Waals surface area contributed by atoms with E-state index in [2.05, 4.69) is 15.5 Å². The fourth-order valence-electron chi connectivity index (χ4n) is 1.77. The van der Waals surface area contributed by atoms with Gasteiger partial charge >= 0.3 is 5.97 Å². The SMILES string of the molecule is CC(=N)c1cc(-c2cn[nH]c2)ccc1NCC(=O)O. The Kier molecular flexibility index (Phi) is 3.61. The first-order valence-corrected chi connectivity index (χ1v) is 5.72. The first kappa shape index (κ1) is 12.8. The molecule has 1 aromatic carbocycles. The van der Waals surface area contributed by atoms with Gasteiger partial charge in [0.15, 0.2) is 0 Å². The Bertz CT molecular complexity index is 605. The van der Waals surface area contributed by atoms with Crippen molar-refractivity contribution < 1.29 is 9.90 Å². The Labute approximate surface area is 110 Å². The number of carbonyl (C=O) groups is 1. The van der Waals surface area contributed by atoms with Gasteiger partial charge in [0.1, 0.15) is 6.54 Å². The average Bonchev–Trinajstić information content (AvgIpc) is 2.89. The van der Waals surface area contributed by atoms with Crippen LogP contribution in [0, 0.1) is 5.41 Å². The Morgan fingerprint density at radius 2 is 2.26 bits per heavy atom. The molecule has 0 radical (unpaired) electrons.